The minimum Gasteiger partial charge on any atom is -0.480 e. The maximum Gasteiger partial charge on any atom is 0.423 e. The maximum atomic E-state index is 12.3. The molecule has 10 heteroatoms. The Balaban J connectivity index is 2.82. The van der Waals surface area contributed by atoms with E-state index in [4.69, 9.17) is 10.8 Å². The highest BCUT2D eigenvalue weighted by molar-refractivity contribution is 5.78. The van der Waals surface area contributed by atoms with Crippen LogP contribution in [0.4, 0.5) is 26.3 Å². The number of carbonyl (C=O) groups is 1. The third-order valence-corrected chi connectivity index (χ3v) is 3.09. The van der Waals surface area contributed by atoms with Crippen molar-refractivity contribution >= 4 is 5.97 Å². The van der Waals surface area contributed by atoms with Gasteiger partial charge in [-0.1, -0.05) is 0 Å². The summed E-state index contributed by atoms with van der Waals surface area (Å²) < 4.78 is 78.1. The predicted octanol–water partition coefficient (Wildman–Crippen LogP) is 2.22. The Labute approximate surface area is 109 Å². The first-order valence-electron chi connectivity index (χ1n) is 5.67. The van der Waals surface area contributed by atoms with Crippen LogP contribution in [0.15, 0.2) is 0 Å². The van der Waals surface area contributed by atoms with Crippen molar-refractivity contribution in [2.24, 2.45) is 5.73 Å². The lowest BCUT2D eigenvalue weighted by Crippen LogP contribution is -2.55. The van der Waals surface area contributed by atoms with Crippen LogP contribution in [-0.4, -0.2) is 41.2 Å². The van der Waals surface area contributed by atoms with Crippen LogP contribution in [0.1, 0.15) is 25.7 Å². The topological polar surface area (TPSA) is 72.6 Å². The lowest BCUT2D eigenvalue weighted by atomic mass is 9.81. The van der Waals surface area contributed by atoms with Crippen molar-refractivity contribution in [3.63, 3.8) is 0 Å². The second-order valence-corrected chi connectivity index (χ2v) is 4.78. The second-order valence-electron chi connectivity index (χ2n) is 4.78. The number of rotatable bonds is 3. The van der Waals surface area contributed by atoms with Crippen molar-refractivity contribution in [3.8, 4) is 0 Å². The van der Waals surface area contributed by atoms with Gasteiger partial charge in [0.05, 0.1) is 6.10 Å². The van der Waals surface area contributed by atoms with Crippen LogP contribution in [-0.2, 0) is 9.53 Å². The van der Waals surface area contributed by atoms with Gasteiger partial charge < -0.3 is 15.6 Å². The van der Waals surface area contributed by atoms with Crippen molar-refractivity contribution in [3.05, 3.63) is 0 Å². The molecule has 4 nitrogen and oxygen atoms in total. The number of halogens is 6. The largest absolute Gasteiger partial charge is 0.480 e. The normalized spacial score (nSPS) is 28.7. The van der Waals surface area contributed by atoms with E-state index in [0.717, 1.165) is 0 Å². The predicted molar refractivity (Wildman–Crippen MR) is 53.8 cm³/mol. The lowest BCUT2D eigenvalue weighted by molar-refractivity contribution is -0.333. The number of hydrogen-bond acceptors (Lipinski definition) is 3. The third-order valence-electron chi connectivity index (χ3n) is 3.09. The van der Waals surface area contributed by atoms with Gasteiger partial charge in [0.2, 0.25) is 6.10 Å². The Morgan fingerprint density at radius 2 is 1.75 bits per heavy atom. The summed E-state index contributed by atoms with van der Waals surface area (Å²) in [6, 6.07) is 0. The van der Waals surface area contributed by atoms with E-state index in [1.165, 1.54) is 0 Å². The molecule has 0 aromatic rings. The molecule has 1 aliphatic rings. The molecule has 1 fully saturated rings. The van der Waals surface area contributed by atoms with Crippen LogP contribution in [0.5, 0.6) is 0 Å². The molecular weight excluding hydrogens is 296 g/mol. The van der Waals surface area contributed by atoms with Crippen molar-refractivity contribution in [1.82, 2.24) is 0 Å². The van der Waals surface area contributed by atoms with E-state index < -0.39 is 42.5 Å². The standard InChI is InChI=1S/C10H13F6NO3/c11-9(12,13)6(10(14,15)16)20-5-2-1-3-8(17,4-5)7(18)19/h5-6H,1-4,17H2,(H,18,19). The Morgan fingerprint density at radius 3 is 2.15 bits per heavy atom. The van der Waals surface area contributed by atoms with Gasteiger partial charge in [-0.05, 0) is 19.3 Å². The van der Waals surface area contributed by atoms with Gasteiger partial charge in [0, 0.05) is 6.42 Å². The van der Waals surface area contributed by atoms with Gasteiger partial charge in [-0.25, -0.2) is 0 Å². The fraction of sp³-hybridized carbons (Fsp3) is 0.900. The Morgan fingerprint density at radius 1 is 1.25 bits per heavy atom. The Bertz CT molecular complexity index is 355. The van der Waals surface area contributed by atoms with E-state index in [9.17, 15) is 31.1 Å². The molecule has 3 N–H and O–H groups in total. The summed E-state index contributed by atoms with van der Waals surface area (Å²) in [7, 11) is 0. The molecule has 2 unspecified atom stereocenters. The molecule has 0 heterocycles. The van der Waals surface area contributed by atoms with E-state index in [1.807, 2.05) is 0 Å². The highest BCUT2D eigenvalue weighted by Crippen LogP contribution is 2.39. The van der Waals surface area contributed by atoms with Crippen LogP contribution in [0.25, 0.3) is 0 Å². The minimum atomic E-state index is -5.61. The lowest BCUT2D eigenvalue weighted by Gasteiger charge is -2.36. The quantitative estimate of drug-likeness (QED) is 0.784. The van der Waals surface area contributed by atoms with E-state index >= 15 is 0 Å². The summed E-state index contributed by atoms with van der Waals surface area (Å²) in [5, 5.41) is 8.84. The molecule has 0 aliphatic heterocycles. The average Bonchev–Trinajstić information content (AvgIpc) is 2.23. The zero-order chi connectivity index (χ0) is 15.8. The maximum absolute atomic E-state index is 12.3. The minimum absolute atomic E-state index is 0.0229. The Kier molecular flexibility index (Phi) is 4.59. The molecule has 0 amide bonds. The van der Waals surface area contributed by atoms with E-state index in [1.54, 1.807) is 0 Å². The number of carboxylic acid groups (broad SMARTS) is 1. The van der Waals surface area contributed by atoms with Gasteiger partial charge in [-0.15, -0.1) is 0 Å². The molecule has 0 aromatic heterocycles. The van der Waals surface area contributed by atoms with E-state index in [-0.39, 0.29) is 19.3 Å². The smallest absolute Gasteiger partial charge is 0.423 e. The first kappa shape index (κ1) is 17.0. The highest BCUT2D eigenvalue weighted by atomic mass is 19.4. The summed E-state index contributed by atoms with van der Waals surface area (Å²) in [5.41, 5.74) is 3.59. The SMILES string of the molecule is NC1(C(=O)O)CCCC(OC(C(F)(F)F)C(F)(F)F)C1. The second kappa shape index (κ2) is 5.40. The number of alkyl halides is 6. The molecule has 2 atom stereocenters. The monoisotopic (exact) mass is 309 g/mol. The number of carboxylic acids is 1. The zero-order valence-corrected chi connectivity index (χ0v) is 10.1. The third kappa shape index (κ3) is 3.98. The van der Waals surface area contributed by atoms with Gasteiger partial charge in [-0.3, -0.25) is 4.79 Å². The molecule has 0 saturated heterocycles. The molecule has 1 saturated carbocycles. The molecule has 0 bridgehead atoms. The molecule has 0 radical (unpaired) electrons. The van der Waals surface area contributed by atoms with Crippen LogP contribution in [0, 0.1) is 0 Å². The fourth-order valence-electron chi connectivity index (χ4n) is 2.10. The average molecular weight is 309 g/mol. The first-order chi connectivity index (χ1) is 8.86. The van der Waals surface area contributed by atoms with Crippen molar-refractivity contribution < 1.29 is 41.0 Å². The summed E-state index contributed by atoms with van der Waals surface area (Å²) in [5.74, 6) is -1.47. The van der Waals surface area contributed by atoms with Crippen molar-refractivity contribution in [2.75, 3.05) is 0 Å². The zero-order valence-electron chi connectivity index (χ0n) is 10.1. The number of aliphatic carboxylic acids is 1. The van der Waals surface area contributed by atoms with Crippen LogP contribution in [0.2, 0.25) is 0 Å². The van der Waals surface area contributed by atoms with Gasteiger partial charge in [-0.2, -0.15) is 26.3 Å². The molecule has 20 heavy (non-hydrogen) atoms. The molecule has 1 aliphatic carbocycles. The van der Waals surface area contributed by atoms with E-state index in [0.29, 0.717) is 0 Å². The number of ether oxygens (including phenoxy) is 1. The van der Waals surface area contributed by atoms with Crippen molar-refractivity contribution in [2.45, 2.75) is 55.8 Å². The van der Waals surface area contributed by atoms with Crippen molar-refractivity contribution in [1.29, 1.82) is 0 Å². The molecule has 1 rings (SSSR count). The van der Waals surface area contributed by atoms with Crippen LogP contribution >= 0.6 is 0 Å². The Hall–Kier alpha value is -1.03. The fourth-order valence-corrected chi connectivity index (χ4v) is 2.10. The molecular formula is C10H13F6NO3. The van der Waals surface area contributed by atoms with Gasteiger partial charge >= 0.3 is 18.3 Å². The number of nitrogens with two attached hydrogens (primary N) is 1. The van der Waals surface area contributed by atoms with E-state index in [2.05, 4.69) is 4.74 Å². The molecule has 0 aromatic carbocycles. The molecule has 118 valence electrons. The van der Waals surface area contributed by atoms with Gasteiger partial charge in [0.25, 0.3) is 0 Å². The first-order valence-corrected chi connectivity index (χ1v) is 5.67. The molecule has 0 spiro atoms. The highest BCUT2D eigenvalue weighted by Gasteiger charge is 2.59. The summed E-state index contributed by atoms with van der Waals surface area (Å²) in [6.45, 7) is 0. The summed E-state index contributed by atoms with van der Waals surface area (Å²) in [6.07, 6.45) is -17.3. The van der Waals surface area contributed by atoms with Gasteiger partial charge in [0.1, 0.15) is 5.54 Å². The van der Waals surface area contributed by atoms with Gasteiger partial charge in [0.15, 0.2) is 0 Å². The summed E-state index contributed by atoms with van der Waals surface area (Å²) >= 11 is 0. The van der Waals surface area contributed by atoms with Crippen LogP contribution in [0.3, 0.4) is 0 Å². The van der Waals surface area contributed by atoms with Crippen LogP contribution < -0.4 is 5.73 Å². The summed E-state index contributed by atoms with van der Waals surface area (Å²) in [4.78, 5) is 10.9. The number of hydrogen-bond donors (Lipinski definition) is 2.